The number of rotatable bonds is 9. The van der Waals surface area contributed by atoms with Crippen molar-refractivity contribution in [1.82, 2.24) is 9.88 Å². The number of anilines is 1. The van der Waals surface area contributed by atoms with Gasteiger partial charge in [0.15, 0.2) is 6.29 Å². The van der Waals surface area contributed by atoms with Gasteiger partial charge in [-0.2, -0.15) is 0 Å². The van der Waals surface area contributed by atoms with E-state index >= 15 is 0 Å². The van der Waals surface area contributed by atoms with Crippen LogP contribution in [0.1, 0.15) is 64.9 Å². The van der Waals surface area contributed by atoms with Crippen LogP contribution in [-0.2, 0) is 16.1 Å². The molecule has 0 saturated carbocycles. The number of likely N-dealkylation sites (N-methyl/N-ethyl adjacent to an activating group) is 1. The predicted octanol–water partition coefficient (Wildman–Crippen LogP) is 7.46. The van der Waals surface area contributed by atoms with Gasteiger partial charge < -0.3 is 19.9 Å². The van der Waals surface area contributed by atoms with Gasteiger partial charge in [-0.05, 0) is 71.8 Å². The molecule has 7 heteroatoms. The molecule has 1 aliphatic heterocycles. The SMILES string of the molecule is C[C@@H]1[C@H](CN(C)[C@H](C)c2ccc3ccccc3c2)O[C@H](c2cccc(NC(=O)c3cccnc3)c2)O[C@@H]1c1ccc(CO)cc1. The highest BCUT2D eigenvalue weighted by Gasteiger charge is 2.39. The van der Waals surface area contributed by atoms with Crippen molar-refractivity contribution in [1.29, 1.82) is 0 Å². The summed E-state index contributed by atoms with van der Waals surface area (Å²) in [6, 6.07) is 34.3. The van der Waals surface area contributed by atoms with E-state index in [-0.39, 0.29) is 36.7 Å². The lowest BCUT2D eigenvalue weighted by atomic mass is 9.89. The van der Waals surface area contributed by atoms with E-state index in [1.54, 1.807) is 24.5 Å². The topological polar surface area (TPSA) is 83.9 Å². The second-order valence-electron chi connectivity index (χ2n) is 11.9. The average Bonchev–Trinajstić information content (AvgIpc) is 3.09. The van der Waals surface area contributed by atoms with Gasteiger partial charge >= 0.3 is 0 Å². The Morgan fingerprint density at radius 3 is 2.47 bits per heavy atom. The predicted molar refractivity (Wildman–Crippen MR) is 177 cm³/mol. The molecule has 45 heavy (non-hydrogen) atoms. The fourth-order valence-corrected chi connectivity index (χ4v) is 5.96. The van der Waals surface area contributed by atoms with Crippen LogP contribution in [0.25, 0.3) is 10.8 Å². The van der Waals surface area contributed by atoms with E-state index in [9.17, 15) is 9.90 Å². The first kappa shape index (κ1) is 30.6. The van der Waals surface area contributed by atoms with E-state index in [2.05, 4.69) is 78.6 Å². The van der Waals surface area contributed by atoms with Crippen LogP contribution in [0.15, 0.2) is 116 Å². The van der Waals surface area contributed by atoms with Crippen molar-refractivity contribution >= 4 is 22.4 Å². The average molecular weight is 602 g/mol. The largest absolute Gasteiger partial charge is 0.392 e. The minimum absolute atomic E-state index is 0.00920. The number of aromatic nitrogens is 1. The summed E-state index contributed by atoms with van der Waals surface area (Å²) in [7, 11) is 2.14. The van der Waals surface area contributed by atoms with Crippen LogP contribution in [-0.4, -0.2) is 40.6 Å². The molecule has 0 radical (unpaired) electrons. The molecule has 1 aromatic heterocycles. The molecule has 230 valence electrons. The van der Waals surface area contributed by atoms with Crippen LogP contribution < -0.4 is 5.32 Å². The number of hydrogen-bond acceptors (Lipinski definition) is 6. The Hall–Kier alpha value is -4.40. The van der Waals surface area contributed by atoms with Crippen LogP contribution in [0.3, 0.4) is 0 Å². The lowest BCUT2D eigenvalue weighted by Crippen LogP contribution is -2.44. The van der Waals surface area contributed by atoms with Gasteiger partial charge in [0.05, 0.1) is 24.4 Å². The third kappa shape index (κ3) is 6.97. The molecule has 1 saturated heterocycles. The summed E-state index contributed by atoms with van der Waals surface area (Å²) in [5.74, 6) is -0.190. The monoisotopic (exact) mass is 601 g/mol. The number of pyridine rings is 1. The van der Waals surface area contributed by atoms with Gasteiger partial charge in [0.1, 0.15) is 0 Å². The molecule has 1 aliphatic rings. The molecule has 7 nitrogen and oxygen atoms in total. The van der Waals surface area contributed by atoms with Crippen molar-refractivity contribution in [2.24, 2.45) is 5.92 Å². The van der Waals surface area contributed by atoms with Crippen LogP contribution >= 0.6 is 0 Å². The molecular formula is C38H39N3O4. The van der Waals surface area contributed by atoms with E-state index in [0.29, 0.717) is 17.8 Å². The molecular weight excluding hydrogens is 562 g/mol. The van der Waals surface area contributed by atoms with E-state index in [0.717, 1.165) is 16.7 Å². The summed E-state index contributed by atoms with van der Waals surface area (Å²) < 4.78 is 13.4. The zero-order valence-electron chi connectivity index (χ0n) is 25.8. The highest BCUT2D eigenvalue weighted by Crippen LogP contribution is 2.42. The van der Waals surface area contributed by atoms with Crippen molar-refractivity contribution in [2.45, 2.75) is 45.0 Å². The van der Waals surface area contributed by atoms with Gasteiger partial charge in [-0.1, -0.05) is 79.7 Å². The molecule has 1 fully saturated rings. The number of carbonyl (C=O) groups excluding carboxylic acids is 1. The minimum atomic E-state index is -0.645. The van der Waals surface area contributed by atoms with Gasteiger partial charge in [-0.3, -0.25) is 14.7 Å². The number of aliphatic hydroxyl groups excluding tert-OH is 1. The zero-order valence-corrected chi connectivity index (χ0v) is 25.8. The van der Waals surface area contributed by atoms with Gasteiger partial charge in [0.25, 0.3) is 5.91 Å². The standard InChI is InChI=1S/C38H39N3O4/c1-25-35(23-41(3)26(2)30-18-17-28-8-4-5-9-31(28)20-30)44-38(45-36(25)29-15-13-27(24-42)14-16-29)32-10-6-12-34(21-32)40-37(43)33-11-7-19-39-22-33/h4-22,25-26,35-36,38,42H,23-24H2,1-3H3,(H,40,43)/t25-,26-,35+,36+,38+/m1/s1. The molecule has 0 bridgehead atoms. The normalized spacial score (nSPS) is 20.6. The quantitative estimate of drug-likeness (QED) is 0.182. The van der Waals surface area contributed by atoms with Gasteiger partial charge in [-0.25, -0.2) is 0 Å². The fraction of sp³-hybridized carbons (Fsp3) is 0.263. The third-order valence-corrected chi connectivity index (χ3v) is 8.85. The number of nitrogens with zero attached hydrogens (tertiary/aromatic N) is 2. The Morgan fingerprint density at radius 2 is 1.71 bits per heavy atom. The molecule has 0 unspecified atom stereocenters. The summed E-state index contributed by atoms with van der Waals surface area (Å²) in [5.41, 5.74) is 5.09. The number of amides is 1. The van der Waals surface area contributed by atoms with Crippen LogP contribution in [0.2, 0.25) is 0 Å². The number of aliphatic hydroxyl groups is 1. The second-order valence-corrected chi connectivity index (χ2v) is 11.9. The zero-order chi connectivity index (χ0) is 31.3. The Balaban J connectivity index is 1.25. The third-order valence-electron chi connectivity index (χ3n) is 8.85. The maximum absolute atomic E-state index is 12.8. The smallest absolute Gasteiger partial charge is 0.257 e. The molecule has 5 aromatic rings. The maximum Gasteiger partial charge on any atom is 0.257 e. The van der Waals surface area contributed by atoms with Gasteiger partial charge in [0.2, 0.25) is 0 Å². The summed E-state index contributed by atoms with van der Waals surface area (Å²) in [6.07, 6.45) is 2.15. The molecule has 2 heterocycles. The number of nitrogens with one attached hydrogen (secondary N) is 1. The minimum Gasteiger partial charge on any atom is -0.392 e. The van der Waals surface area contributed by atoms with Gasteiger partial charge in [0, 0.05) is 42.1 Å². The van der Waals surface area contributed by atoms with Crippen molar-refractivity contribution in [2.75, 3.05) is 18.9 Å². The van der Waals surface area contributed by atoms with E-state index < -0.39 is 6.29 Å². The Kier molecular flexibility index (Phi) is 9.33. The fourth-order valence-electron chi connectivity index (χ4n) is 5.96. The first-order chi connectivity index (χ1) is 21.9. The maximum atomic E-state index is 12.8. The summed E-state index contributed by atoms with van der Waals surface area (Å²) >= 11 is 0. The molecule has 5 atom stereocenters. The number of ether oxygens (including phenoxy) is 2. The van der Waals surface area contributed by atoms with Crippen LogP contribution in [0, 0.1) is 5.92 Å². The molecule has 0 aliphatic carbocycles. The van der Waals surface area contributed by atoms with E-state index in [4.69, 9.17) is 9.47 Å². The Labute approximate surface area is 264 Å². The van der Waals surface area contributed by atoms with E-state index in [1.165, 1.54) is 16.3 Å². The summed E-state index contributed by atoms with van der Waals surface area (Å²) in [4.78, 5) is 19.2. The molecule has 6 rings (SSSR count). The Morgan fingerprint density at radius 1 is 0.911 bits per heavy atom. The number of carbonyl (C=O) groups is 1. The number of hydrogen-bond donors (Lipinski definition) is 2. The van der Waals surface area contributed by atoms with Crippen molar-refractivity contribution in [3.05, 3.63) is 143 Å². The molecule has 2 N–H and O–H groups in total. The van der Waals surface area contributed by atoms with Crippen molar-refractivity contribution < 1.29 is 19.4 Å². The first-order valence-electron chi connectivity index (χ1n) is 15.4. The lowest BCUT2D eigenvalue weighted by Gasteiger charge is -2.43. The summed E-state index contributed by atoms with van der Waals surface area (Å²) in [6.45, 7) is 5.08. The first-order valence-corrected chi connectivity index (χ1v) is 15.4. The highest BCUT2D eigenvalue weighted by atomic mass is 16.7. The van der Waals surface area contributed by atoms with Crippen molar-refractivity contribution in [3.63, 3.8) is 0 Å². The summed E-state index contributed by atoms with van der Waals surface area (Å²) in [5, 5.41) is 15.0. The van der Waals surface area contributed by atoms with Gasteiger partial charge in [-0.15, -0.1) is 0 Å². The lowest BCUT2D eigenvalue weighted by molar-refractivity contribution is -0.276. The molecule has 1 amide bonds. The number of fused-ring (bicyclic) bond motifs is 1. The highest BCUT2D eigenvalue weighted by molar-refractivity contribution is 6.04. The van der Waals surface area contributed by atoms with Crippen LogP contribution in [0.5, 0.6) is 0 Å². The van der Waals surface area contributed by atoms with Crippen molar-refractivity contribution in [3.8, 4) is 0 Å². The molecule has 0 spiro atoms. The molecule has 4 aromatic carbocycles. The van der Waals surface area contributed by atoms with E-state index in [1.807, 2.05) is 48.5 Å². The van der Waals surface area contributed by atoms with Crippen LogP contribution in [0.4, 0.5) is 5.69 Å². The Bertz CT molecular complexity index is 1740. The second kappa shape index (κ2) is 13.7. The number of benzene rings is 4.